The van der Waals surface area contributed by atoms with Gasteiger partial charge in [-0.1, -0.05) is 22.6 Å². The van der Waals surface area contributed by atoms with Crippen molar-refractivity contribution < 1.29 is 56.2 Å². The maximum atomic E-state index is 15.1. The number of phenolic OH excluding ortho intramolecular Hbond substituents is 2. The van der Waals surface area contributed by atoms with Crippen LogP contribution in [0.4, 0.5) is 72.8 Å². The van der Waals surface area contributed by atoms with Crippen molar-refractivity contribution in [2.45, 2.75) is 211 Å². The fourth-order valence-corrected chi connectivity index (χ4v) is 16.0. The lowest BCUT2D eigenvalue weighted by Crippen LogP contribution is -2.55. The van der Waals surface area contributed by atoms with Gasteiger partial charge in [0.2, 0.25) is 17.2 Å². The van der Waals surface area contributed by atoms with Gasteiger partial charge in [-0.2, -0.15) is 43.0 Å². The molecule has 9 atom stereocenters. The number of nitrogens with two attached hydrogens (primary N) is 1. The molecule has 0 saturated carbocycles. The maximum absolute atomic E-state index is 15.1. The minimum atomic E-state index is -0.831. The number of anilines is 8. The lowest BCUT2D eigenvalue weighted by molar-refractivity contribution is 0.0498. The molecule has 13 heterocycles. The molecule has 0 radical (unpaired) electrons. The number of hydrogen-bond acceptors (Lipinski definition) is 30. The van der Waals surface area contributed by atoms with Crippen LogP contribution in [-0.2, 0) is 25.9 Å². The number of aromatic nitrogens is 18. The molecular formula is C75H101ClF6IN27O9. The zero-order chi connectivity index (χ0) is 86.3. The Kier molecular flexibility index (Phi) is 28.8. The summed E-state index contributed by atoms with van der Waals surface area (Å²) >= 11 is 7.87. The third-order valence-corrected chi connectivity index (χ3v) is 22.8. The molecule has 646 valence electrons. The smallest absolute Gasteiger partial charge is 0.368 e. The summed E-state index contributed by atoms with van der Waals surface area (Å²) in [4.78, 5) is 67.8. The molecule has 7 aliphatic rings. The number of benzene rings is 3. The summed E-state index contributed by atoms with van der Waals surface area (Å²) in [6, 6.07) is 8.05. The van der Waals surface area contributed by atoms with E-state index in [1.165, 1.54) is 59.6 Å². The Balaban J connectivity index is 0.000000157. The van der Waals surface area contributed by atoms with E-state index in [0.717, 1.165) is 159 Å². The number of hydrogen-bond donors (Lipinski definition) is 10. The number of fused-ring (bicyclic) bond motifs is 3. The largest absolute Gasteiger partial charge is 0.506 e. The van der Waals surface area contributed by atoms with Crippen molar-refractivity contribution >= 4 is 80.6 Å². The SMILES string of the molecule is CC1(C)C[C@H](Nc2nc(Cl)ncc2F)C[C@@H]2CCCN21.C[C@H](O)CI.C[C@H](O)COc1cc(F)c(Nc2ncc(F)c(N[C@@H]3C[C@@H]4CCCN4C(C)(C)C3)n2)cc1-n1nnn(C)c1=O.C[C@H]1CO1.Cn1nnn(-c2cc(N)c(F)cc2O)c1=O.Cn1nnn(-c2cc(Nc3ncc(F)c(N[C@@H]4C[C@@H]5CCCN5C(C)(C)C4)n3)c(F)cc2O)c1=O. The van der Waals surface area contributed by atoms with Gasteiger partial charge in [0.25, 0.3) is 0 Å². The average Bonchev–Trinajstić information content (AvgIpc) is 1.76. The lowest BCUT2D eigenvalue weighted by atomic mass is 9.84. The number of phenols is 2. The number of nitrogen functional groups attached to an aromatic ring is 1. The van der Waals surface area contributed by atoms with E-state index in [-0.39, 0.29) is 122 Å². The molecule has 119 heavy (non-hydrogen) atoms. The number of alkyl halides is 1. The van der Waals surface area contributed by atoms with E-state index in [1.54, 1.807) is 6.92 Å². The van der Waals surface area contributed by atoms with Gasteiger partial charge in [-0.3, -0.25) is 14.7 Å². The zero-order valence-corrected chi connectivity index (χ0v) is 70.9. The lowest BCUT2D eigenvalue weighted by Gasteiger charge is -2.47. The number of halogens is 8. The van der Waals surface area contributed by atoms with E-state index in [4.69, 9.17) is 31.9 Å². The van der Waals surface area contributed by atoms with Crippen LogP contribution in [0.3, 0.4) is 0 Å². The van der Waals surface area contributed by atoms with Crippen LogP contribution in [0.1, 0.15) is 139 Å². The summed E-state index contributed by atoms with van der Waals surface area (Å²) < 4.78 is 102. The average molecular weight is 1800 g/mol. The molecule has 16 rings (SSSR count). The van der Waals surface area contributed by atoms with E-state index in [0.29, 0.717) is 24.2 Å². The number of aryl methyl sites for hydroxylation is 3. The van der Waals surface area contributed by atoms with E-state index in [1.807, 2.05) is 0 Å². The quantitative estimate of drug-likeness (QED) is 0.00778. The number of aliphatic hydroxyl groups excluding tert-OH is 2. The first-order valence-electron chi connectivity index (χ1n) is 38.9. The molecule has 9 aromatic rings. The van der Waals surface area contributed by atoms with Crippen LogP contribution >= 0.6 is 34.2 Å². The van der Waals surface area contributed by atoms with Gasteiger partial charge < -0.3 is 62.2 Å². The Morgan fingerprint density at radius 2 is 0.899 bits per heavy atom. The summed E-state index contributed by atoms with van der Waals surface area (Å²) in [5.74, 6) is -4.76. The highest BCUT2D eigenvalue weighted by molar-refractivity contribution is 14.1. The van der Waals surface area contributed by atoms with Gasteiger partial charge in [0.1, 0.15) is 46.7 Å². The molecule has 0 aliphatic carbocycles. The van der Waals surface area contributed by atoms with Crippen molar-refractivity contribution in [3.05, 3.63) is 127 Å². The van der Waals surface area contributed by atoms with Crippen molar-refractivity contribution in [1.29, 1.82) is 0 Å². The molecule has 7 fully saturated rings. The molecule has 6 aromatic heterocycles. The Morgan fingerprint density at radius 1 is 0.546 bits per heavy atom. The summed E-state index contributed by atoms with van der Waals surface area (Å²) in [7, 11) is 4.21. The molecule has 0 amide bonds. The van der Waals surface area contributed by atoms with Crippen molar-refractivity contribution in [2.24, 2.45) is 21.1 Å². The summed E-state index contributed by atoms with van der Waals surface area (Å²) in [5, 5.41) is 74.5. The minimum Gasteiger partial charge on any atom is -0.506 e. The first-order chi connectivity index (χ1) is 56.3. The molecule has 44 heteroatoms. The van der Waals surface area contributed by atoms with Crippen LogP contribution in [0.2, 0.25) is 5.28 Å². The monoisotopic (exact) mass is 1800 g/mol. The normalized spacial score (nSPS) is 21.7. The first kappa shape index (κ1) is 89.8. The summed E-state index contributed by atoms with van der Waals surface area (Å²) in [6.45, 7) is 22.9. The highest BCUT2D eigenvalue weighted by atomic mass is 127. The maximum Gasteiger partial charge on any atom is 0.368 e. The standard InChI is InChI=1S/C25H33F2N9O3.C22H27F2N9O2.C14H20ClFN4.C8H8FN5O2.C3H7IO.C3H6O/c1-14(37)13-39-21-9-17(26)19(10-20(21)36-24(38)34(4)32-33-36)30-23-28-12-18(27)22(31-23)29-15-8-16-6-5-7-35(16)25(2,3)11-15;1-22(2)10-12(7-13-5-4-6-32(13)22)26-19-15(24)11-25-20(28-19)27-16-9-17(18(34)8-14(16)23)33-21(35)31(3)29-30-33;1-14(2)7-9(6-10-4-3-5-20(10)14)18-12-11(16)8-17-13(15)19-12;1-13-8(16)14(12-11-13)6-3-5(10)4(9)2-7(6)15;1-3(5)2-4;1-3-2-4-3/h9-10,12,14-16,37H,5-8,11,13H2,1-4H3,(H2,28,29,30,31);8-9,11-13,34H,4-7,10H2,1-3H3,(H2,25,26,27,28);8-10H,3-7H2,1-2H3,(H,17,18,19);2-3,15H,10H2,1H3;3,5H,2H2,1H3;3H,2H2,1H3/t14-,15+,16-;12-,13+;9-,10+;;2*3-/m011.00/s1. The fourth-order valence-electron chi connectivity index (χ4n) is 15.9. The summed E-state index contributed by atoms with van der Waals surface area (Å²) in [5.41, 5.74) is 3.23. The summed E-state index contributed by atoms with van der Waals surface area (Å²) in [6.07, 6.45) is 15.3. The number of epoxide rings is 1. The van der Waals surface area contributed by atoms with Crippen LogP contribution < -0.4 is 54.1 Å². The second kappa shape index (κ2) is 38.2. The van der Waals surface area contributed by atoms with Crippen LogP contribution in [0, 0.1) is 34.9 Å². The number of nitrogens with one attached hydrogen (secondary N) is 5. The Morgan fingerprint density at radius 3 is 1.27 bits per heavy atom. The molecule has 0 bridgehead atoms. The topological polar surface area (TPSA) is 434 Å². The van der Waals surface area contributed by atoms with Gasteiger partial charge in [-0.25, -0.2) is 55.7 Å². The zero-order valence-electron chi connectivity index (χ0n) is 67.9. The van der Waals surface area contributed by atoms with E-state index < -0.39 is 69.6 Å². The first-order valence-corrected chi connectivity index (χ1v) is 40.8. The van der Waals surface area contributed by atoms with Gasteiger partial charge >= 0.3 is 17.1 Å². The third kappa shape index (κ3) is 22.4. The molecule has 7 aliphatic heterocycles. The van der Waals surface area contributed by atoms with Crippen molar-refractivity contribution in [1.82, 2.24) is 104 Å². The number of ether oxygens (including phenoxy) is 2. The predicted octanol–water partition coefficient (Wildman–Crippen LogP) is 8.34. The van der Waals surface area contributed by atoms with Gasteiger partial charge in [-0.05, 0) is 220 Å². The third-order valence-electron chi connectivity index (χ3n) is 21.3. The highest BCUT2D eigenvalue weighted by Gasteiger charge is 2.46. The Hall–Kier alpha value is -9.93. The van der Waals surface area contributed by atoms with E-state index >= 15 is 4.39 Å². The molecule has 7 saturated heterocycles. The van der Waals surface area contributed by atoms with Crippen LogP contribution in [-0.4, -0.2) is 233 Å². The number of tetrazole rings is 3. The fraction of sp³-hybridized carbons (Fsp3) is 0.560. The number of aromatic hydroxyl groups is 2. The molecular weight excluding hydrogens is 1700 g/mol. The molecule has 36 nitrogen and oxygen atoms in total. The van der Waals surface area contributed by atoms with Crippen LogP contribution in [0.25, 0.3) is 17.1 Å². The number of aliphatic hydroxyl groups is 2. The van der Waals surface area contributed by atoms with Crippen LogP contribution in [0.15, 0.2) is 69.4 Å². The molecule has 11 N–H and O–H groups in total. The highest BCUT2D eigenvalue weighted by Crippen LogP contribution is 2.43. The number of nitrogens with zero attached hydrogens (tertiary/aromatic N) is 21. The number of rotatable bonds is 17. The van der Waals surface area contributed by atoms with Crippen molar-refractivity contribution in [2.75, 3.05) is 69.6 Å². The van der Waals surface area contributed by atoms with Gasteiger partial charge in [0.15, 0.2) is 46.5 Å². The molecule has 0 spiro atoms. The predicted molar refractivity (Wildman–Crippen MR) is 439 cm³/mol. The second-order valence-corrected chi connectivity index (χ2v) is 33.5. The van der Waals surface area contributed by atoms with Crippen LogP contribution in [0.5, 0.6) is 17.2 Å². The van der Waals surface area contributed by atoms with Gasteiger partial charge in [-0.15, -0.1) is 0 Å². The second-order valence-electron chi connectivity index (χ2n) is 32.3. The van der Waals surface area contributed by atoms with Gasteiger partial charge in [0, 0.05) is 96.6 Å². The Labute approximate surface area is 699 Å². The minimum absolute atomic E-state index is 0.00828. The number of piperidine rings is 3. The van der Waals surface area contributed by atoms with E-state index in [9.17, 15) is 51.7 Å². The molecule has 0 unspecified atom stereocenters. The molecule has 3 aromatic carbocycles. The van der Waals surface area contributed by atoms with Crippen molar-refractivity contribution in [3.63, 3.8) is 0 Å². The van der Waals surface area contributed by atoms with Gasteiger partial charge in [0.05, 0.1) is 60.6 Å². The van der Waals surface area contributed by atoms with Crippen molar-refractivity contribution in [3.8, 4) is 34.3 Å². The Bertz CT molecular complexity index is 5200. The van der Waals surface area contributed by atoms with E-state index in [2.05, 4.69) is 174 Å².